The highest BCUT2D eigenvalue weighted by atomic mass is 15.0. The summed E-state index contributed by atoms with van der Waals surface area (Å²) in [6.07, 6.45) is 2.22. The first-order valence-electron chi connectivity index (χ1n) is 8.80. The second-order valence-electron chi connectivity index (χ2n) is 6.43. The largest absolute Gasteiger partial charge is 0.339 e. The Morgan fingerprint density at radius 3 is 1.69 bits per heavy atom. The molecule has 3 aromatic carbocycles. The van der Waals surface area contributed by atoms with E-state index in [2.05, 4.69) is 107 Å². The maximum atomic E-state index is 3.63. The summed E-state index contributed by atoms with van der Waals surface area (Å²) in [5, 5.41) is 0. The predicted molar refractivity (Wildman–Crippen MR) is 108 cm³/mol. The Bertz CT molecular complexity index is 1150. The summed E-state index contributed by atoms with van der Waals surface area (Å²) in [7, 11) is 0. The number of rotatable bonds is 3. The van der Waals surface area contributed by atoms with Crippen molar-refractivity contribution in [3.63, 3.8) is 0 Å². The number of nitrogens with zero attached hydrogens (tertiary/aromatic N) is 1. The lowest BCUT2D eigenvalue weighted by atomic mass is 10.0. The molecule has 2 nitrogen and oxygen atoms in total. The van der Waals surface area contributed by atoms with Gasteiger partial charge in [0.2, 0.25) is 0 Å². The molecule has 0 aliphatic rings. The molecule has 5 rings (SSSR count). The molecule has 2 heteroatoms. The molecule has 0 aliphatic carbocycles. The summed E-state index contributed by atoms with van der Waals surface area (Å²) in [6, 6.07) is 33.8. The Hall–Kier alpha value is -3.52. The molecule has 0 spiro atoms. The van der Waals surface area contributed by atoms with Gasteiger partial charge in [0, 0.05) is 22.9 Å². The van der Waals surface area contributed by atoms with Crippen LogP contribution in [0.1, 0.15) is 0 Å². The molecule has 0 amide bonds. The first kappa shape index (κ1) is 14.8. The number of benzene rings is 3. The fourth-order valence-electron chi connectivity index (χ4n) is 3.53. The fraction of sp³-hybridized carbons (Fsp3) is 0. The van der Waals surface area contributed by atoms with Gasteiger partial charge in [-0.15, -0.1) is 0 Å². The molecule has 0 saturated heterocycles. The molecule has 2 heterocycles. The molecular formula is C24H18N2. The van der Waals surface area contributed by atoms with Crippen molar-refractivity contribution in [3.05, 3.63) is 103 Å². The maximum absolute atomic E-state index is 3.63. The van der Waals surface area contributed by atoms with Crippen molar-refractivity contribution < 1.29 is 0 Å². The second-order valence-corrected chi connectivity index (χ2v) is 6.43. The zero-order chi connectivity index (χ0) is 17.3. The van der Waals surface area contributed by atoms with Crippen LogP contribution in [0.25, 0.3) is 39.3 Å². The fourth-order valence-corrected chi connectivity index (χ4v) is 3.53. The molecule has 0 fully saturated rings. The van der Waals surface area contributed by atoms with Crippen LogP contribution >= 0.6 is 0 Å². The van der Waals surface area contributed by atoms with Crippen LogP contribution in [0.2, 0.25) is 0 Å². The zero-order valence-corrected chi connectivity index (χ0v) is 14.3. The minimum atomic E-state index is 1.10. The molecule has 124 valence electrons. The van der Waals surface area contributed by atoms with Crippen LogP contribution in [0, 0.1) is 0 Å². The average molecular weight is 334 g/mol. The van der Waals surface area contributed by atoms with Crippen molar-refractivity contribution in [2.45, 2.75) is 0 Å². The van der Waals surface area contributed by atoms with E-state index in [1.54, 1.807) is 0 Å². The number of nitrogens with one attached hydrogen (secondary N) is 1. The molecule has 0 aliphatic heterocycles. The van der Waals surface area contributed by atoms with Crippen molar-refractivity contribution in [2.24, 2.45) is 0 Å². The van der Waals surface area contributed by atoms with Crippen molar-refractivity contribution in [1.29, 1.82) is 0 Å². The summed E-state index contributed by atoms with van der Waals surface area (Å²) in [5.41, 5.74) is 8.27. The van der Waals surface area contributed by atoms with Crippen LogP contribution in [0.4, 0.5) is 0 Å². The quantitative estimate of drug-likeness (QED) is 0.401. The van der Waals surface area contributed by atoms with Crippen LogP contribution in [0.5, 0.6) is 0 Å². The van der Waals surface area contributed by atoms with E-state index in [1.165, 1.54) is 27.9 Å². The number of aromatic amines is 1. The van der Waals surface area contributed by atoms with E-state index in [1.807, 2.05) is 6.07 Å². The van der Waals surface area contributed by atoms with Gasteiger partial charge in [-0.1, -0.05) is 91.0 Å². The summed E-state index contributed by atoms with van der Waals surface area (Å²) in [6.45, 7) is 0. The van der Waals surface area contributed by atoms with Gasteiger partial charge in [0.05, 0.1) is 11.4 Å². The Morgan fingerprint density at radius 2 is 1.08 bits per heavy atom. The van der Waals surface area contributed by atoms with E-state index >= 15 is 0 Å². The Kier molecular flexibility index (Phi) is 3.46. The summed E-state index contributed by atoms with van der Waals surface area (Å²) in [4.78, 5) is 3.63. The first-order valence-corrected chi connectivity index (χ1v) is 8.80. The molecule has 2 aromatic heterocycles. The van der Waals surface area contributed by atoms with Gasteiger partial charge in [-0.25, -0.2) is 0 Å². The highest BCUT2D eigenvalue weighted by Gasteiger charge is 2.16. The molecule has 0 saturated carbocycles. The Labute approximate surface area is 152 Å². The van der Waals surface area contributed by atoms with Crippen molar-refractivity contribution in [2.75, 3.05) is 0 Å². The predicted octanol–water partition coefficient (Wildman–Crippen LogP) is 6.27. The minimum absolute atomic E-state index is 1.10. The van der Waals surface area contributed by atoms with Crippen LogP contribution < -0.4 is 0 Å². The third-order valence-electron chi connectivity index (χ3n) is 4.77. The number of hydrogen-bond donors (Lipinski definition) is 1. The average Bonchev–Trinajstić information content (AvgIpc) is 3.28. The minimum Gasteiger partial charge on any atom is -0.339 e. The lowest BCUT2D eigenvalue weighted by molar-refractivity contribution is 1.23. The maximum Gasteiger partial charge on any atom is 0.115 e. The Balaban J connectivity index is 1.77. The zero-order valence-electron chi connectivity index (χ0n) is 14.3. The van der Waals surface area contributed by atoms with Crippen molar-refractivity contribution >= 4 is 5.65 Å². The van der Waals surface area contributed by atoms with Gasteiger partial charge in [0.1, 0.15) is 5.65 Å². The van der Waals surface area contributed by atoms with Gasteiger partial charge in [-0.3, -0.25) is 0 Å². The standard InChI is InChI=1S/C24H18N2/c1-4-10-18(11-5-1)21-16-22-25-23(19-12-6-2-7-13-19)24(26(22)17-21)20-14-8-3-9-15-20/h1-17,25H. The Morgan fingerprint density at radius 1 is 0.538 bits per heavy atom. The van der Waals surface area contributed by atoms with E-state index in [9.17, 15) is 0 Å². The van der Waals surface area contributed by atoms with Gasteiger partial charge >= 0.3 is 0 Å². The van der Waals surface area contributed by atoms with Crippen LogP contribution in [-0.2, 0) is 0 Å². The molecule has 0 radical (unpaired) electrons. The van der Waals surface area contributed by atoms with Gasteiger partial charge in [0.15, 0.2) is 0 Å². The lowest BCUT2D eigenvalue weighted by Crippen LogP contribution is -1.87. The monoisotopic (exact) mass is 334 g/mol. The highest BCUT2D eigenvalue weighted by Crippen LogP contribution is 2.35. The van der Waals surface area contributed by atoms with Crippen molar-refractivity contribution in [3.8, 4) is 33.6 Å². The molecule has 1 N–H and O–H groups in total. The molecule has 0 bridgehead atoms. The molecule has 0 unspecified atom stereocenters. The number of imidazole rings is 1. The molecular weight excluding hydrogens is 316 g/mol. The van der Waals surface area contributed by atoms with E-state index < -0.39 is 0 Å². The smallest absolute Gasteiger partial charge is 0.115 e. The normalized spacial score (nSPS) is 11.1. The number of hydrogen-bond acceptors (Lipinski definition) is 0. The highest BCUT2D eigenvalue weighted by molar-refractivity contribution is 5.84. The third kappa shape index (κ3) is 2.44. The molecule has 0 atom stereocenters. The third-order valence-corrected chi connectivity index (χ3v) is 4.77. The molecule has 5 aromatic rings. The topological polar surface area (TPSA) is 20.2 Å². The SMILES string of the molecule is c1ccc(-c2cc3[nH]c(-c4ccccc4)c(-c4ccccc4)n3c2)cc1. The van der Waals surface area contributed by atoms with Crippen LogP contribution in [0.3, 0.4) is 0 Å². The number of aromatic nitrogens is 2. The van der Waals surface area contributed by atoms with E-state index in [4.69, 9.17) is 0 Å². The van der Waals surface area contributed by atoms with Crippen LogP contribution in [-0.4, -0.2) is 9.38 Å². The van der Waals surface area contributed by atoms with Gasteiger partial charge in [-0.05, 0) is 11.6 Å². The lowest BCUT2D eigenvalue weighted by Gasteiger charge is -2.06. The van der Waals surface area contributed by atoms with Gasteiger partial charge in [-0.2, -0.15) is 0 Å². The van der Waals surface area contributed by atoms with Gasteiger partial charge in [0.25, 0.3) is 0 Å². The van der Waals surface area contributed by atoms with Gasteiger partial charge < -0.3 is 9.38 Å². The summed E-state index contributed by atoms with van der Waals surface area (Å²) >= 11 is 0. The van der Waals surface area contributed by atoms with E-state index in [0.29, 0.717) is 0 Å². The van der Waals surface area contributed by atoms with E-state index in [-0.39, 0.29) is 0 Å². The first-order chi connectivity index (χ1) is 12.9. The summed E-state index contributed by atoms with van der Waals surface area (Å²) in [5.74, 6) is 0. The second kappa shape index (κ2) is 6.08. The van der Waals surface area contributed by atoms with Crippen molar-refractivity contribution in [1.82, 2.24) is 9.38 Å². The summed E-state index contributed by atoms with van der Waals surface area (Å²) < 4.78 is 2.26. The van der Waals surface area contributed by atoms with Crippen LogP contribution in [0.15, 0.2) is 103 Å². The number of H-pyrrole nitrogens is 1. The number of fused-ring (bicyclic) bond motifs is 1. The molecule has 26 heavy (non-hydrogen) atoms. The van der Waals surface area contributed by atoms with E-state index in [0.717, 1.165) is 11.3 Å².